The SMILES string of the molecule is Cc1[nH]c(=O)[nH]c(=O)c1Cc1nnc(SCC(=O)NC(N)=O)o1. The largest absolute Gasteiger partial charge is 0.416 e. The fourth-order valence-electron chi connectivity index (χ4n) is 1.66. The maximum atomic E-state index is 11.7. The summed E-state index contributed by atoms with van der Waals surface area (Å²) in [6, 6.07) is -0.949. The molecule has 5 N–H and O–H groups in total. The molecule has 0 saturated heterocycles. The lowest BCUT2D eigenvalue weighted by Crippen LogP contribution is -2.36. The fourth-order valence-corrected chi connectivity index (χ4v) is 2.24. The van der Waals surface area contributed by atoms with Crippen LogP contribution in [0.5, 0.6) is 0 Å². The Morgan fingerprint density at radius 1 is 1.30 bits per heavy atom. The number of H-pyrrole nitrogens is 2. The van der Waals surface area contributed by atoms with Gasteiger partial charge in [-0.05, 0) is 6.92 Å². The fraction of sp³-hybridized carbons (Fsp3) is 0.273. The van der Waals surface area contributed by atoms with E-state index in [-0.39, 0.29) is 28.9 Å². The average molecular weight is 340 g/mol. The van der Waals surface area contributed by atoms with E-state index in [1.54, 1.807) is 6.92 Å². The standard InChI is InChI=1S/C11H12N6O5S/c1-4-5(8(19)15-10(21)13-4)2-7-16-17-11(22-7)23-3-6(18)14-9(12)20/h2-3H2,1H3,(H3,12,14,18,20)(H2,13,15,19,21). The molecule has 0 unspecified atom stereocenters. The molecule has 2 aromatic rings. The van der Waals surface area contributed by atoms with Crippen LogP contribution in [-0.2, 0) is 11.2 Å². The second-order valence-electron chi connectivity index (χ2n) is 4.35. The first-order chi connectivity index (χ1) is 10.8. The van der Waals surface area contributed by atoms with Crippen LogP contribution in [0.3, 0.4) is 0 Å². The summed E-state index contributed by atoms with van der Waals surface area (Å²) < 4.78 is 5.28. The molecule has 0 spiro atoms. The van der Waals surface area contributed by atoms with Gasteiger partial charge in [0, 0.05) is 11.3 Å². The van der Waals surface area contributed by atoms with E-state index in [0.29, 0.717) is 5.69 Å². The molecule has 12 heteroatoms. The lowest BCUT2D eigenvalue weighted by molar-refractivity contribution is -0.117. The van der Waals surface area contributed by atoms with Gasteiger partial charge < -0.3 is 15.1 Å². The molecule has 23 heavy (non-hydrogen) atoms. The molecule has 0 aliphatic rings. The number of nitrogens with zero attached hydrogens (tertiary/aromatic N) is 2. The van der Waals surface area contributed by atoms with E-state index in [4.69, 9.17) is 10.2 Å². The second kappa shape index (κ2) is 6.91. The zero-order valence-electron chi connectivity index (χ0n) is 11.8. The third-order valence-corrected chi connectivity index (χ3v) is 3.44. The highest BCUT2D eigenvalue weighted by atomic mass is 32.2. The Morgan fingerprint density at radius 3 is 2.70 bits per heavy atom. The number of thioether (sulfide) groups is 1. The number of nitrogens with one attached hydrogen (secondary N) is 3. The Balaban J connectivity index is 2.03. The molecule has 0 radical (unpaired) electrons. The highest BCUT2D eigenvalue weighted by Gasteiger charge is 2.14. The topological polar surface area (TPSA) is 177 Å². The lowest BCUT2D eigenvalue weighted by Gasteiger charge is -2.00. The van der Waals surface area contributed by atoms with Gasteiger partial charge >= 0.3 is 11.7 Å². The zero-order chi connectivity index (χ0) is 17.0. The molecule has 0 aromatic carbocycles. The number of rotatable bonds is 5. The van der Waals surface area contributed by atoms with Crippen LogP contribution in [0, 0.1) is 6.92 Å². The van der Waals surface area contributed by atoms with E-state index in [0.717, 1.165) is 11.8 Å². The third-order valence-electron chi connectivity index (χ3n) is 2.62. The molecule has 11 nitrogen and oxygen atoms in total. The first kappa shape index (κ1) is 16.5. The van der Waals surface area contributed by atoms with Gasteiger partial charge in [0.15, 0.2) is 0 Å². The maximum absolute atomic E-state index is 11.7. The van der Waals surface area contributed by atoms with E-state index in [2.05, 4.69) is 20.2 Å². The van der Waals surface area contributed by atoms with E-state index in [1.807, 2.05) is 5.32 Å². The molecule has 2 rings (SSSR count). The van der Waals surface area contributed by atoms with Crippen molar-refractivity contribution in [2.24, 2.45) is 5.73 Å². The number of urea groups is 1. The number of aromatic nitrogens is 4. The van der Waals surface area contributed by atoms with Crippen molar-refractivity contribution in [1.82, 2.24) is 25.5 Å². The number of primary amides is 1. The van der Waals surface area contributed by atoms with E-state index >= 15 is 0 Å². The van der Waals surface area contributed by atoms with Crippen LogP contribution < -0.4 is 22.3 Å². The summed E-state index contributed by atoms with van der Waals surface area (Å²) in [4.78, 5) is 49.1. The number of hydrogen-bond donors (Lipinski definition) is 4. The van der Waals surface area contributed by atoms with Crippen molar-refractivity contribution in [2.75, 3.05) is 5.75 Å². The summed E-state index contributed by atoms with van der Waals surface area (Å²) in [7, 11) is 0. The van der Waals surface area contributed by atoms with Crippen molar-refractivity contribution >= 4 is 23.7 Å². The Labute approximate surface area is 132 Å². The molecule has 0 bridgehead atoms. The summed E-state index contributed by atoms with van der Waals surface area (Å²) in [5.74, 6) is -0.596. The van der Waals surface area contributed by atoms with Crippen molar-refractivity contribution in [3.8, 4) is 0 Å². The smallest absolute Gasteiger partial charge is 0.325 e. The van der Waals surface area contributed by atoms with Gasteiger partial charge in [-0.2, -0.15) is 0 Å². The van der Waals surface area contributed by atoms with Gasteiger partial charge in [-0.1, -0.05) is 11.8 Å². The van der Waals surface area contributed by atoms with Crippen molar-refractivity contribution in [3.05, 3.63) is 38.0 Å². The van der Waals surface area contributed by atoms with Crippen molar-refractivity contribution in [1.29, 1.82) is 0 Å². The number of aromatic amines is 2. The monoisotopic (exact) mass is 340 g/mol. The average Bonchev–Trinajstić information content (AvgIpc) is 2.87. The molecule has 3 amide bonds. The highest BCUT2D eigenvalue weighted by molar-refractivity contribution is 7.99. The van der Waals surface area contributed by atoms with Crippen LogP contribution in [0.2, 0.25) is 0 Å². The molecule has 0 aliphatic heterocycles. The Kier molecular flexibility index (Phi) is 4.95. The van der Waals surface area contributed by atoms with E-state index < -0.39 is 23.2 Å². The van der Waals surface area contributed by atoms with Crippen molar-refractivity contribution < 1.29 is 14.0 Å². The molecule has 0 aliphatic carbocycles. The number of carbonyl (C=O) groups is 2. The van der Waals surface area contributed by atoms with Crippen LogP contribution in [-0.4, -0.2) is 37.9 Å². The molecule has 0 atom stereocenters. The summed E-state index contributed by atoms with van der Waals surface area (Å²) in [5, 5.41) is 9.44. The summed E-state index contributed by atoms with van der Waals surface area (Å²) in [5.41, 5.74) is 4.34. The normalized spacial score (nSPS) is 10.5. The quantitative estimate of drug-likeness (QED) is 0.482. The number of carbonyl (C=O) groups excluding carboxylic acids is 2. The van der Waals surface area contributed by atoms with Crippen molar-refractivity contribution in [2.45, 2.75) is 18.6 Å². The summed E-state index contributed by atoms with van der Waals surface area (Å²) in [6.45, 7) is 1.58. The first-order valence-corrected chi connectivity index (χ1v) is 7.20. The molecular weight excluding hydrogens is 328 g/mol. The maximum Gasteiger partial charge on any atom is 0.325 e. The van der Waals surface area contributed by atoms with Gasteiger partial charge in [0.25, 0.3) is 10.8 Å². The van der Waals surface area contributed by atoms with Crippen LogP contribution in [0.1, 0.15) is 17.1 Å². The minimum Gasteiger partial charge on any atom is -0.416 e. The predicted molar refractivity (Wildman–Crippen MR) is 78.0 cm³/mol. The molecule has 2 heterocycles. The van der Waals surface area contributed by atoms with Gasteiger partial charge in [-0.25, -0.2) is 9.59 Å². The van der Waals surface area contributed by atoms with Crippen LogP contribution in [0.15, 0.2) is 19.2 Å². The number of hydrogen-bond acceptors (Lipinski definition) is 8. The molecule has 122 valence electrons. The Bertz CT molecular complexity index is 853. The molecule has 0 fully saturated rings. The number of amides is 3. The zero-order valence-corrected chi connectivity index (χ0v) is 12.7. The minimum absolute atomic E-state index is 0.0268. The minimum atomic E-state index is -0.949. The lowest BCUT2D eigenvalue weighted by atomic mass is 10.2. The van der Waals surface area contributed by atoms with Crippen molar-refractivity contribution in [3.63, 3.8) is 0 Å². The highest BCUT2D eigenvalue weighted by Crippen LogP contribution is 2.17. The van der Waals surface area contributed by atoms with Gasteiger partial charge in [0.2, 0.25) is 11.8 Å². The van der Waals surface area contributed by atoms with Gasteiger partial charge in [-0.15, -0.1) is 10.2 Å². The predicted octanol–water partition coefficient (Wildman–Crippen LogP) is -1.37. The van der Waals surface area contributed by atoms with Crippen LogP contribution >= 0.6 is 11.8 Å². The first-order valence-electron chi connectivity index (χ1n) is 6.21. The molecule has 2 aromatic heterocycles. The summed E-state index contributed by atoms with van der Waals surface area (Å²) in [6.07, 6.45) is 0.0268. The summed E-state index contributed by atoms with van der Waals surface area (Å²) >= 11 is 0.909. The van der Waals surface area contributed by atoms with E-state index in [9.17, 15) is 19.2 Å². The van der Waals surface area contributed by atoms with Gasteiger partial charge in [-0.3, -0.25) is 19.9 Å². The molecular formula is C11H12N6O5S. The van der Waals surface area contributed by atoms with Crippen LogP contribution in [0.4, 0.5) is 4.79 Å². The number of nitrogens with two attached hydrogens (primary N) is 1. The van der Waals surface area contributed by atoms with E-state index in [1.165, 1.54) is 0 Å². The molecule has 0 saturated carbocycles. The van der Waals surface area contributed by atoms with Gasteiger partial charge in [0.05, 0.1) is 12.2 Å². The number of imide groups is 1. The third kappa shape index (κ3) is 4.54. The number of aryl methyl sites for hydroxylation is 1. The van der Waals surface area contributed by atoms with Gasteiger partial charge in [0.1, 0.15) is 0 Å². The second-order valence-corrected chi connectivity index (χ2v) is 5.28. The van der Waals surface area contributed by atoms with Crippen LogP contribution in [0.25, 0.3) is 0 Å². The Morgan fingerprint density at radius 2 is 2.04 bits per heavy atom. The Hall–Kier alpha value is -2.89.